The number of amides is 3. The topological polar surface area (TPSA) is 78.5 Å². The molecule has 1 heterocycles. The summed E-state index contributed by atoms with van der Waals surface area (Å²) in [5, 5.41) is 7.92. The van der Waals surface area contributed by atoms with Gasteiger partial charge in [-0.3, -0.25) is 14.4 Å². The van der Waals surface area contributed by atoms with Gasteiger partial charge < -0.3 is 15.5 Å². The quantitative estimate of drug-likeness (QED) is 0.626. The van der Waals surface area contributed by atoms with Gasteiger partial charge >= 0.3 is 0 Å². The van der Waals surface area contributed by atoms with Gasteiger partial charge in [0.1, 0.15) is 0 Å². The summed E-state index contributed by atoms with van der Waals surface area (Å²) in [6.45, 7) is 4.73. The normalized spacial score (nSPS) is 14.2. The van der Waals surface area contributed by atoms with Crippen molar-refractivity contribution in [3.05, 3.63) is 77.4 Å². The number of anilines is 1. The molecule has 4 rings (SSSR count). The highest BCUT2D eigenvalue weighted by Gasteiger charge is 2.25. The van der Waals surface area contributed by atoms with Crippen molar-refractivity contribution in [3.8, 4) is 0 Å². The lowest BCUT2D eigenvalue weighted by Crippen LogP contribution is -2.32. The molecule has 164 valence electrons. The van der Waals surface area contributed by atoms with E-state index in [0.29, 0.717) is 24.3 Å². The van der Waals surface area contributed by atoms with E-state index in [0.717, 1.165) is 29.2 Å². The molecule has 1 aliphatic rings. The van der Waals surface area contributed by atoms with Crippen LogP contribution in [0.2, 0.25) is 0 Å². The fraction of sp³-hybridized carbons (Fsp3) is 0.269. The minimum absolute atomic E-state index is 0.153. The predicted molar refractivity (Wildman–Crippen MR) is 126 cm³/mol. The molecule has 1 saturated heterocycles. The van der Waals surface area contributed by atoms with Crippen LogP contribution in [0.25, 0.3) is 10.8 Å². The second-order valence-corrected chi connectivity index (χ2v) is 8.20. The first kappa shape index (κ1) is 21.6. The van der Waals surface area contributed by atoms with Crippen molar-refractivity contribution in [2.24, 2.45) is 0 Å². The van der Waals surface area contributed by atoms with E-state index < -0.39 is 0 Å². The van der Waals surface area contributed by atoms with Crippen LogP contribution in [0.3, 0.4) is 0 Å². The van der Waals surface area contributed by atoms with Crippen LogP contribution in [0.5, 0.6) is 0 Å². The van der Waals surface area contributed by atoms with Crippen LogP contribution in [0.1, 0.15) is 59.0 Å². The van der Waals surface area contributed by atoms with Crippen molar-refractivity contribution in [1.82, 2.24) is 10.2 Å². The molecule has 1 aliphatic heterocycles. The Bertz CT molecular complexity index is 1180. The third kappa shape index (κ3) is 4.49. The number of likely N-dealkylation sites (tertiary alicyclic amines) is 1. The summed E-state index contributed by atoms with van der Waals surface area (Å²) in [5.74, 6) is -0.737. The zero-order valence-corrected chi connectivity index (χ0v) is 18.4. The highest BCUT2D eigenvalue weighted by atomic mass is 16.2. The highest BCUT2D eigenvalue weighted by Crippen LogP contribution is 2.26. The van der Waals surface area contributed by atoms with Crippen LogP contribution in [-0.4, -0.2) is 35.7 Å². The minimum Gasteiger partial charge on any atom is -0.345 e. The largest absolute Gasteiger partial charge is 0.345 e. The first-order chi connectivity index (χ1) is 15.4. The fourth-order valence-electron chi connectivity index (χ4n) is 4.27. The number of carbonyl (C=O) groups is 3. The molecule has 3 amide bonds. The summed E-state index contributed by atoms with van der Waals surface area (Å²) in [7, 11) is 0. The second-order valence-electron chi connectivity index (χ2n) is 8.20. The maximum atomic E-state index is 13.3. The predicted octanol–water partition coefficient (Wildman–Crippen LogP) is 4.53. The minimum atomic E-state index is -0.347. The lowest BCUT2D eigenvalue weighted by atomic mass is 9.98. The molecule has 0 unspecified atom stereocenters. The summed E-state index contributed by atoms with van der Waals surface area (Å²) in [6.07, 6.45) is 1.94. The number of carbonyl (C=O) groups excluding carboxylic acids is 3. The van der Waals surface area contributed by atoms with Crippen LogP contribution in [0.4, 0.5) is 5.69 Å². The number of hydrogen-bond donors (Lipinski definition) is 2. The third-order valence-corrected chi connectivity index (χ3v) is 5.85. The van der Waals surface area contributed by atoms with Crippen LogP contribution >= 0.6 is 0 Å². The molecular formula is C26H27N3O3. The van der Waals surface area contributed by atoms with Crippen molar-refractivity contribution in [3.63, 3.8) is 0 Å². The van der Waals surface area contributed by atoms with E-state index >= 15 is 0 Å². The molecule has 0 saturated carbocycles. The van der Waals surface area contributed by atoms with E-state index in [-0.39, 0.29) is 29.3 Å². The van der Waals surface area contributed by atoms with Crippen LogP contribution in [0.15, 0.2) is 60.7 Å². The average molecular weight is 430 g/mol. The number of fused-ring (bicyclic) bond motifs is 1. The van der Waals surface area contributed by atoms with Crippen LogP contribution < -0.4 is 10.6 Å². The van der Waals surface area contributed by atoms with Crippen molar-refractivity contribution < 1.29 is 14.4 Å². The van der Waals surface area contributed by atoms with Gasteiger partial charge in [-0.05, 0) is 54.3 Å². The molecule has 2 N–H and O–H groups in total. The van der Waals surface area contributed by atoms with Crippen molar-refractivity contribution in [1.29, 1.82) is 0 Å². The maximum absolute atomic E-state index is 13.3. The van der Waals surface area contributed by atoms with E-state index in [1.54, 1.807) is 23.1 Å². The fourth-order valence-corrected chi connectivity index (χ4v) is 4.27. The number of hydrogen-bond acceptors (Lipinski definition) is 3. The van der Waals surface area contributed by atoms with E-state index in [1.165, 1.54) is 6.92 Å². The summed E-state index contributed by atoms with van der Waals surface area (Å²) < 4.78 is 0. The van der Waals surface area contributed by atoms with E-state index in [4.69, 9.17) is 0 Å². The summed E-state index contributed by atoms with van der Waals surface area (Å²) in [5.41, 5.74) is 2.10. The Balaban J connectivity index is 1.66. The smallest absolute Gasteiger partial charge is 0.254 e. The van der Waals surface area contributed by atoms with Gasteiger partial charge in [0.25, 0.3) is 11.8 Å². The lowest BCUT2D eigenvalue weighted by molar-refractivity contribution is -0.114. The SMILES string of the molecule is CC(=O)Nc1ccc(C(=O)N2CCCC2)c(C(=O)N[C@H](C)c2cccc3ccccc23)c1. The molecule has 6 nitrogen and oxygen atoms in total. The molecule has 0 aromatic heterocycles. The van der Waals surface area contributed by atoms with Gasteiger partial charge in [-0.15, -0.1) is 0 Å². The summed E-state index contributed by atoms with van der Waals surface area (Å²) in [6, 6.07) is 18.6. The van der Waals surface area contributed by atoms with Gasteiger partial charge in [-0.2, -0.15) is 0 Å². The maximum Gasteiger partial charge on any atom is 0.254 e. The third-order valence-electron chi connectivity index (χ3n) is 5.85. The molecule has 32 heavy (non-hydrogen) atoms. The first-order valence-corrected chi connectivity index (χ1v) is 10.9. The Labute approximate surface area is 187 Å². The Morgan fingerprint density at radius 2 is 1.62 bits per heavy atom. The standard InChI is InChI=1S/C26H27N3O3/c1-17(21-11-7-9-19-8-3-4-10-22(19)21)27-25(31)24-16-20(28-18(2)30)12-13-23(24)26(32)29-14-5-6-15-29/h3-4,7-13,16-17H,5-6,14-15H2,1-2H3,(H,27,31)(H,28,30)/t17-/m1/s1. The molecule has 6 heteroatoms. The number of benzene rings is 3. The van der Waals surface area contributed by atoms with Crippen LogP contribution in [-0.2, 0) is 4.79 Å². The molecule has 3 aromatic carbocycles. The van der Waals surface area contributed by atoms with E-state index in [9.17, 15) is 14.4 Å². The van der Waals surface area contributed by atoms with Gasteiger partial charge in [-0.25, -0.2) is 0 Å². The molecule has 1 fully saturated rings. The number of nitrogens with one attached hydrogen (secondary N) is 2. The molecule has 3 aromatic rings. The Morgan fingerprint density at radius 3 is 2.38 bits per heavy atom. The Kier molecular flexibility index (Phi) is 6.21. The van der Waals surface area contributed by atoms with E-state index in [2.05, 4.69) is 10.6 Å². The lowest BCUT2D eigenvalue weighted by Gasteiger charge is -2.20. The Hall–Kier alpha value is -3.67. The number of rotatable bonds is 5. The summed E-state index contributed by atoms with van der Waals surface area (Å²) in [4.78, 5) is 39.7. The molecule has 0 bridgehead atoms. The average Bonchev–Trinajstić information content (AvgIpc) is 3.32. The van der Waals surface area contributed by atoms with Crippen molar-refractivity contribution in [2.75, 3.05) is 18.4 Å². The van der Waals surface area contributed by atoms with Crippen molar-refractivity contribution >= 4 is 34.2 Å². The second kappa shape index (κ2) is 9.22. The van der Waals surface area contributed by atoms with E-state index in [1.807, 2.05) is 49.4 Å². The Morgan fingerprint density at radius 1 is 0.906 bits per heavy atom. The van der Waals surface area contributed by atoms with Crippen LogP contribution in [0, 0.1) is 0 Å². The van der Waals surface area contributed by atoms with Gasteiger partial charge in [0.2, 0.25) is 5.91 Å². The molecule has 0 spiro atoms. The van der Waals surface area contributed by atoms with Gasteiger partial charge in [-0.1, -0.05) is 42.5 Å². The zero-order valence-electron chi connectivity index (χ0n) is 18.4. The highest BCUT2D eigenvalue weighted by molar-refractivity contribution is 6.08. The van der Waals surface area contributed by atoms with Crippen molar-refractivity contribution in [2.45, 2.75) is 32.7 Å². The zero-order chi connectivity index (χ0) is 22.7. The monoisotopic (exact) mass is 429 g/mol. The van der Waals surface area contributed by atoms with Gasteiger partial charge in [0, 0.05) is 25.7 Å². The van der Waals surface area contributed by atoms with Gasteiger partial charge in [0.15, 0.2) is 0 Å². The van der Waals surface area contributed by atoms with Gasteiger partial charge in [0.05, 0.1) is 17.2 Å². The first-order valence-electron chi connectivity index (χ1n) is 10.9. The molecule has 0 aliphatic carbocycles. The number of nitrogens with zero attached hydrogens (tertiary/aromatic N) is 1. The molecular weight excluding hydrogens is 402 g/mol. The molecule has 0 radical (unpaired) electrons. The summed E-state index contributed by atoms with van der Waals surface area (Å²) >= 11 is 0. The molecule has 1 atom stereocenters.